The molecule has 0 bridgehead atoms. The highest BCUT2D eigenvalue weighted by Crippen LogP contribution is 2.32. The normalized spacial score (nSPS) is 17.2. The van der Waals surface area contributed by atoms with Crippen molar-refractivity contribution in [2.75, 3.05) is 43.1 Å². The maximum atomic E-state index is 15.2. The third-order valence-electron chi connectivity index (χ3n) is 6.37. The molecule has 0 amide bonds. The Labute approximate surface area is 191 Å². The Balaban J connectivity index is 1.34. The number of allylic oxidation sites excluding steroid dienone is 1. The van der Waals surface area contributed by atoms with Gasteiger partial charge in [-0.25, -0.2) is 14.4 Å². The quantitative estimate of drug-likeness (QED) is 0.570. The summed E-state index contributed by atoms with van der Waals surface area (Å²) in [5.41, 5.74) is 2.38. The van der Waals surface area contributed by atoms with Gasteiger partial charge in [-0.3, -0.25) is 0 Å². The predicted octanol–water partition coefficient (Wildman–Crippen LogP) is 3.47. The number of piperidine rings is 1. The molecular weight excluding hydrogens is 423 g/mol. The summed E-state index contributed by atoms with van der Waals surface area (Å²) in [6, 6.07) is 5.53. The van der Waals surface area contributed by atoms with E-state index in [0.29, 0.717) is 17.2 Å². The molecule has 32 heavy (non-hydrogen) atoms. The van der Waals surface area contributed by atoms with Crippen molar-refractivity contribution in [3.05, 3.63) is 59.3 Å². The van der Waals surface area contributed by atoms with E-state index in [2.05, 4.69) is 32.5 Å². The number of hydrogen-bond donors (Lipinski definition) is 0. The summed E-state index contributed by atoms with van der Waals surface area (Å²) in [5.74, 6) is 0.961. The number of benzene rings is 1. The van der Waals surface area contributed by atoms with Crippen molar-refractivity contribution in [2.24, 2.45) is 0 Å². The molecule has 0 unspecified atom stereocenters. The molecule has 0 N–H and O–H groups in total. The van der Waals surface area contributed by atoms with Gasteiger partial charge in [0.25, 0.3) is 8.65 Å². The zero-order valence-electron chi connectivity index (χ0n) is 18.9. The zero-order valence-corrected chi connectivity index (χ0v) is 19.9. The number of halogens is 1. The lowest BCUT2D eigenvalue weighted by molar-refractivity contribution is 0.0778. The highest BCUT2D eigenvalue weighted by atomic mass is 28.3. The first-order valence-corrected chi connectivity index (χ1v) is 12.7. The number of rotatable bonds is 8. The van der Waals surface area contributed by atoms with Crippen molar-refractivity contribution in [3.8, 4) is 0 Å². The van der Waals surface area contributed by atoms with Crippen LogP contribution < -0.4 is 9.80 Å². The molecule has 2 aliphatic heterocycles. The highest BCUT2D eigenvalue weighted by Gasteiger charge is 2.29. The molecule has 170 valence electrons. The molecule has 0 aliphatic carbocycles. The summed E-state index contributed by atoms with van der Waals surface area (Å²) in [7, 11) is 0.382. The second-order valence-electron chi connectivity index (χ2n) is 8.58. The van der Waals surface area contributed by atoms with Gasteiger partial charge >= 0.3 is 0 Å². The van der Waals surface area contributed by atoms with Crippen LogP contribution in [0.3, 0.4) is 0 Å². The lowest BCUT2D eigenvalue weighted by atomic mass is 9.91. The molecule has 6 nitrogen and oxygen atoms in total. The van der Waals surface area contributed by atoms with Crippen LogP contribution in [0.4, 0.5) is 16.0 Å². The van der Waals surface area contributed by atoms with Gasteiger partial charge in [0, 0.05) is 51.2 Å². The fraction of sp³-hybridized carbons (Fsp3) is 0.458. The van der Waals surface area contributed by atoms with Crippen LogP contribution in [0.1, 0.15) is 36.8 Å². The number of nitrogens with zero attached hydrogens (tertiary/aromatic N) is 4. The van der Waals surface area contributed by atoms with Crippen LogP contribution in [0.15, 0.2) is 42.4 Å². The Hall–Kier alpha value is -2.58. The molecule has 0 atom stereocenters. The molecule has 3 heterocycles. The van der Waals surface area contributed by atoms with E-state index in [-0.39, 0.29) is 18.5 Å². The fourth-order valence-electron chi connectivity index (χ4n) is 4.12. The molecule has 2 aliphatic rings. The van der Waals surface area contributed by atoms with Crippen molar-refractivity contribution in [1.29, 1.82) is 0 Å². The van der Waals surface area contributed by atoms with Gasteiger partial charge in [-0.05, 0) is 42.5 Å². The van der Waals surface area contributed by atoms with Gasteiger partial charge in [0.05, 0.1) is 18.4 Å². The predicted molar refractivity (Wildman–Crippen MR) is 128 cm³/mol. The number of hydrogen-bond acceptors (Lipinski definition) is 6. The lowest BCUT2D eigenvalue weighted by Crippen LogP contribution is -2.52. The fourth-order valence-corrected chi connectivity index (χ4v) is 4.70. The smallest absolute Gasteiger partial charge is 0.256 e. The summed E-state index contributed by atoms with van der Waals surface area (Å²) in [6.45, 7) is 9.29. The Morgan fingerprint density at radius 3 is 2.50 bits per heavy atom. The van der Waals surface area contributed by atoms with Crippen LogP contribution in [0.25, 0.3) is 0 Å². The number of anilines is 2. The number of methoxy groups -OCH3 is 1. The van der Waals surface area contributed by atoms with E-state index in [1.54, 1.807) is 13.2 Å². The minimum absolute atomic E-state index is 0.195. The van der Waals surface area contributed by atoms with Gasteiger partial charge in [0.15, 0.2) is 5.82 Å². The largest absolute Gasteiger partial charge is 0.543 e. The maximum absolute atomic E-state index is 15.2. The van der Waals surface area contributed by atoms with E-state index in [9.17, 15) is 0 Å². The Bertz CT molecular complexity index is 970. The SMILES string of the molecule is C=C(C)[Si](=C)OCc1cccc(N2CCC(c3cnc(N4CC(OC)C4)nc3)CC2)c1F. The van der Waals surface area contributed by atoms with Gasteiger partial charge in [0.2, 0.25) is 5.95 Å². The molecule has 4 rings (SSSR count). The third-order valence-corrected chi connectivity index (χ3v) is 7.81. The second kappa shape index (κ2) is 9.91. The average Bonchev–Trinajstić information content (AvgIpc) is 2.78. The van der Waals surface area contributed by atoms with Gasteiger partial charge < -0.3 is 19.0 Å². The van der Waals surface area contributed by atoms with E-state index >= 15 is 4.39 Å². The lowest BCUT2D eigenvalue weighted by Gasteiger charge is -2.38. The molecule has 1 aromatic carbocycles. The first-order chi connectivity index (χ1) is 15.5. The monoisotopic (exact) mass is 454 g/mol. The van der Waals surface area contributed by atoms with Crippen LogP contribution in [-0.2, 0) is 15.8 Å². The van der Waals surface area contributed by atoms with E-state index < -0.39 is 8.65 Å². The molecule has 8 heteroatoms. The second-order valence-corrected chi connectivity index (χ2v) is 10.6. The highest BCUT2D eigenvalue weighted by molar-refractivity contribution is 6.62. The zero-order chi connectivity index (χ0) is 22.7. The molecule has 0 saturated carbocycles. The Kier molecular flexibility index (Phi) is 7.00. The van der Waals surface area contributed by atoms with Crippen LogP contribution in [0, 0.1) is 5.82 Å². The third kappa shape index (κ3) is 4.91. The van der Waals surface area contributed by atoms with E-state index in [4.69, 9.17) is 9.16 Å². The molecule has 2 fully saturated rings. The summed E-state index contributed by atoms with van der Waals surface area (Å²) < 4.78 is 26.2. The minimum atomic E-state index is -1.35. The van der Waals surface area contributed by atoms with Crippen LogP contribution in [0.2, 0.25) is 0 Å². The molecule has 0 radical (unpaired) electrons. The van der Waals surface area contributed by atoms with E-state index in [1.165, 1.54) is 0 Å². The number of aromatic nitrogens is 2. The Morgan fingerprint density at radius 1 is 1.19 bits per heavy atom. The van der Waals surface area contributed by atoms with Crippen molar-refractivity contribution in [3.63, 3.8) is 0 Å². The average molecular weight is 455 g/mol. The van der Waals surface area contributed by atoms with E-state index in [1.807, 2.05) is 31.5 Å². The summed E-state index contributed by atoms with van der Waals surface area (Å²) >= 11 is 0. The number of ether oxygens (including phenoxy) is 1. The molecule has 2 aromatic rings. The van der Waals surface area contributed by atoms with Crippen LogP contribution >= 0.6 is 0 Å². The first-order valence-electron chi connectivity index (χ1n) is 11.1. The molecule has 2 saturated heterocycles. The summed E-state index contributed by atoms with van der Waals surface area (Å²) in [6.07, 6.45) is 10.0. The van der Waals surface area contributed by atoms with Crippen molar-refractivity contribution < 1.29 is 13.6 Å². The topological polar surface area (TPSA) is 50.7 Å². The van der Waals surface area contributed by atoms with E-state index in [0.717, 1.165) is 55.7 Å². The Morgan fingerprint density at radius 2 is 1.88 bits per heavy atom. The molecule has 1 aromatic heterocycles. The van der Waals surface area contributed by atoms with Gasteiger partial charge in [-0.15, -0.1) is 0 Å². The minimum Gasteiger partial charge on any atom is -0.543 e. The maximum Gasteiger partial charge on any atom is 0.256 e. The van der Waals surface area contributed by atoms with Gasteiger partial charge in [0.1, 0.15) is 0 Å². The van der Waals surface area contributed by atoms with Gasteiger partial charge in [-0.2, -0.15) is 0 Å². The molecule has 0 spiro atoms. The summed E-state index contributed by atoms with van der Waals surface area (Å²) in [5, 5.41) is 0.926. The van der Waals surface area contributed by atoms with Crippen molar-refractivity contribution in [2.45, 2.75) is 38.4 Å². The van der Waals surface area contributed by atoms with Crippen molar-refractivity contribution >= 4 is 26.5 Å². The standard InChI is InChI=1S/C24H31FN4O2Si/c1-17(2)32(4)31-16-19-6-5-7-22(23(19)25)28-10-8-18(9-11-28)20-12-26-24(27-13-20)29-14-21(15-29)30-3/h5-7,12-13,18,21H,1,4,8-11,14-16H2,2-3H3. The van der Waals surface area contributed by atoms with Crippen LogP contribution in [0.5, 0.6) is 0 Å². The van der Waals surface area contributed by atoms with Crippen LogP contribution in [-0.4, -0.2) is 64.2 Å². The van der Waals surface area contributed by atoms with Crippen molar-refractivity contribution in [1.82, 2.24) is 9.97 Å². The molecular formula is C24H31FN4O2Si. The first kappa shape index (κ1) is 22.6. The van der Waals surface area contributed by atoms with Gasteiger partial charge in [-0.1, -0.05) is 24.9 Å². The summed E-state index contributed by atoms with van der Waals surface area (Å²) in [4.78, 5) is 13.4.